The van der Waals surface area contributed by atoms with Crippen LogP contribution in [0.5, 0.6) is 0 Å². The van der Waals surface area contributed by atoms with Crippen LogP contribution in [-0.4, -0.2) is 10.7 Å². The van der Waals surface area contributed by atoms with E-state index in [1.54, 1.807) is 24.4 Å². The van der Waals surface area contributed by atoms with Crippen molar-refractivity contribution in [1.82, 2.24) is 4.98 Å². The van der Waals surface area contributed by atoms with Gasteiger partial charge in [-0.1, -0.05) is 45.1 Å². The molecule has 2 aliphatic rings. The fourth-order valence-electron chi connectivity index (χ4n) is 5.16. The van der Waals surface area contributed by atoms with E-state index in [-0.39, 0.29) is 5.83 Å². The minimum Gasteiger partial charge on any atom is -0.256 e. The number of nitrogens with zero attached hydrogens (tertiary/aromatic N) is 1. The van der Waals surface area contributed by atoms with Gasteiger partial charge in [0.1, 0.15) is 11.5 Å². The third-order valence-corrected chi connectivity index (χ3v) is 6.65. The Morgan fingerprint density at radius 3 is 2.71 bits per heavy atom. The van der Waals surface area contributed by atoms with E-state index in [4.69, 9.17) is 0 Å². The SMILES string of the molecule is CC=CC(F)(CC)C1CC=C(F)C2=C1c1nccc3c(C)ccc(c13)C2(C)C. The average Bonchev–Trinajstić information content (AvgIpc) is 2.66. The van der Waals surface area contributed by atoms with Crippen molar-refractivity contribution in [2.45, 2.75) is 58.5 Å². The molecule has 1 heterocycles. The molecule has 2 aliphatic carbocycles. The lowest BCUT2D eigenvalue weighted by Crippen LogP contribution is -2.37. The third kappa shape index (κ3) is 2.45. The highest BCUT2D eigenvalue weighted by Gasteiger charge is 2.47. The van der Waals surface area contributed by atoms with E-state index in [1.165, 1.54) is 0 Å². The van der Waals surface area contributed by atoms with E-state index in [9.17, 15) is 0 Å². The van der Waals surface area contributed by atoms with Gasteiger partial charge in [0, 0.05) is 28.5 Å². The summed E-state index contributed by atoms with van der Waals surface area (Å²) in [6.45, 7) is 9.85. The van der Waals surface area contributed by atoms with E-state index in [0.717, 1.165) is 33.2 Å². The molecule has 146 valence electrons. The highest BCUT2D eigenvalue weighted by molar-refractivity contribution is 6.02. The van der Waals surface area contributed by atoms with Gasteiger partial charge >= 0.3 is 0 Å². The van der Waals surface area contributed by atoms with Crippen LogP contribution >= 0.6 is 0 Å². The standard InChI is InChI=1S/C25H27F2N/c1-6-13-25(27,7-2)18-10-11-19(26)22-21(18)23-20-16(12-14-28-23)15(3)8-9-17(20)24(22,4)5/h6,8-9,11-14,18H,7,10H2,1-5H3. The number of fused-ring (bicyclic) bond motifs is 1. The molecule has 0 spiro atoms. The molecular formula is C25H27F2N. The zero-order valence-electron chi connectivity index (χ0n) is 17.2. The van der Waals surface area contributed by atoms with Crippen molar-refractivity contribution in [2.24, 2.45) is 5.92 Å². The molecule has 2 atom stereocenters. The summed E-state index contributed by atoms with van der Waals surface area (Å²) in [5.41, 5.74) is 2.22. The summed E-state index contributed by atoms with van der Waals surface area (Å²) in [6, 6.07) is 6.18. The number of allylic oxidation sites excluding steroid dienone is 6. The van der Waals surface area contributed by atoms with Crippen molar-refractivity contribution in [3.05, 3.63) is 70.8 Å². The molecule has 0 bridgehead atoms. The van der Waals surface area contributed by atoms with Gasteiger partial charge in [-0.15, -0.1) is 0 Å². The molecule has 4 rings (SSSR count). The van der Waals surface area contributed by atoms with Gasteiger partial charge in [0.05, 0.1) is 5.69 Å². The van der Waals surface area contributed by atoms with Gasteiger partial charge in [0.25, 0.3) is 0 Å². The number of halogens is 2. The molecule has 1 nitrogen and oxygen atoms in total. The zero-order valence-corrected chi connectivity index (χ0v) is 17.2. The van der Waals surface area contributed by atoms with E-state index in [1.807, 2.05) is 33.8 Å². The van der Waals surface area contributed by atoms with E-state index >= 15 is 8.78 Å². The molecule has 0 aliphatic heterocycles. The summed E-state index contributed by atoms with van der Waals surface area (Å²) in [5.74, 6) is -0.686. The van der Waals surface area contributed by atoms with Gasteiger partial charge in [0.15, 0.2) is 0 Å². The molecule has 0 radical (unpaired) electrons. The first-order valence-corrected chi connectivity index (χ1v) is 10.1. The summed E-state index contributed by atoms with van der Waals surface area (Å²) in [7, 11) is 0. The number of hydrogen-bond acceptors (Lipinski definition) is 1. The highest BCUT2D eigenvalue weighted by Crippen LogP contribution is 2.56. The molecule has 1 aromatic carbocycles. The highest BCUT2D eigenvalue weighted by atomic mass is 19.1. The van der Waals surface area contributed by atoms with Gasteiger partial charge in [-0.2, -0.15) is 0 Å². The minimum atomic E-state index is -1.53. The first-order chi connectivity index (χ1) is 13.3. The maximum absolute atomic E-state index is 16.1. The first-order valence-electron chi connectivity index (χ1n) is 10.1. The Morgan fingerprint density at radius 2 is 2.04 bits per heavy atom. The Labute approximate surface area is 165 Å². The number of alkyl halides is 1. The lowest BCUT2D eigenvalue weighted by atomic mass is 9.62. The molecule has 0 N–H and O–H groups in total. The quantitative estimate of drug-likeness (QED) is 0.516. The van der Waals surface area contributed by atoms with Crippen LogP contribution in [0.4, 0.5) is 8.78 Å². The minimum absolute atomic E-state index is 0.236. The van der Waals surface area contributed by atoms with Gasteiger partial charge in [-0.25, -0.2) is 8.78 Å². The van der Waals surface area contributed by atoms with Crippen LogP contribution in [0.25, 0.3) is 16.3 Å². The third-order valence-electron chi connectivity index (χ3n) is 6.65. The Bertz CT molecular complexity index is 1060. The topological polar surface area (TPSA) is 12.9 Å². The molecule has 0 saturated carbocycles. The molecule has 2 aromatic rings. The second-order valence-corrected chi connectivity index (χ2v) is 8.55. The number of pyridine rings is 1. The van der Waals surface area contributed by atoms with Gasteiger partial charge in [0.2, 0.25) is 0 Å². The Hall–Kier alpha value is -2.29. The molecule has 0 amide bonds. The predicted molar refractivity (Wildman–Crippen MR) is 113 cm³/mol. The maximum Gasteiger partial charge on any atom is 0.136 e. The van der Waals surface area contributed by atoms with Crippen molar-refractivity contribution in [3.63, 3.8) is 0 Å². The van der Waals surface area contributed by atoms with Crippen LogP contribution < -0.4 is 0 Å². The zero-order chi connectivity index (χ0) is 20.3. The number of hydrogen-bond donors (Lipinski definition) is 0. The lowest BCUT2D eigenvalue weighted by Gasteiger charge is -2.43. The second kappa shape index (κ2) is 6.37. The lowest BCUT2D eigenvalue weighted by molar-refractivity contribution is 0.163. The molecular weight excluding hydrogens is 352 g/mol. The van der Waals surface area contributed by atoms with Crippen molar-refractivity contribution in [1.29, 1.82) is 0 Å². The maximum atomic E-state index is 16.1. The first kappa shape index (κ1) is 19.0. The van der Waals surface area contributed by atoms with Crippen LogP contribution in [0.1, 0.15) is 57.4 Å². The summed E-state index contributed by atoms with van der Waals surface area (Å²) in [6.07, 6.45) is 7.42. The number of rotatable bonds is 3. The van der Waals surface area contributed by atoms with Crippen molar-refractivity contribution < 1.29 is 8.78 Å². The van der Waals surface area contributed by atoms with E-state index in [0.29, 0.717) is 18.4 Å². The largest absolute Gasteiger partial charge is 0.256 e. The van der Waals surface area contributed by atoms with Crippen LogP contribution in [0.3, 0.4) is 0 Å². The molecule has 3 heteroatoms. The normalized spacial score (nSPS) is 23.0. The Morgan fingerprint density at radius 1 is 1.29 bits per heavy atom. The summed E-state index contributed by atoms with van der Waals surface area (Å²) in [4.78, 5) is 4.68. The van der Waals surface area contributed by atoms with E-state index in [2.05, 4.69) is 24.0 Å². The van der Waals surface area contributed by atoms with Crippen molar-refractivity contribution >= 4 is 16.3 Å². The van der Waals surface area contributed by atoms with Gasteiger partial charge in [-0.05, 0) is 60.9 Å². The van der Waals surface area contributed by atoms with Crippen LogP contribution in [0.15, 0.2) is 54.0 Å². The second-order valence-electron chi connectivity index (χ2n) is 8.55. The molecule has 0 fully saturated rings. The predicted octanol–water partition coefficient (Wildman–Crippen LogP) is 7.16. The Balaban J connectivity index is 2.12. The van der Waals surface area contributed by atoms with Gasteiger partial charge in [-0.3, -0.25) is 4.98 Å². The van der Waals surface area contributed by atoms with E-state index < -0.39 is 17.0 Å². The van der Waals surface area contributed by atoms with Crippen molar-refractivity contribution in [3.8, 4) is 0 Å². The summed E-state index contributed by atoms with van der Waals surface area (Å²) in [5, 5.41) is 2.16. The molecule has 0 saturated heterocycles. The molecule has 2 unspecified atom stereocenters. The fraction of sp³-hybridized carbons (Fsp3) is 0.400. The van der Waals surface area contributed by atoms with Gasteiger partial charge < -0.3 is 0 Å². The average molecular weight is 379 g/mol. The smallest absolute Gasteiger partial charge is 0.136 e. The number of benzene rings is 1. The Kier molecular flexibility index (Phi) is 4.33. The fourth-order valence-corrected chi connectivity index (χ4v) is 5.16. The van der Waals surface area contributed by atoms with Crippen LogP contribution in [0.2, 0.25) is 0 Å². The van der Waals surface area contributed by atoms with Crippen molar-refractivity contribution in [2.75, 3.05) is 0 Å². The number of aromatic nitrogens is 1. The molecule has 1 aromatic heterocycles. The number of aryl methyl sites for hydroxylation is 1. The van der Waals surface area contributed by atoms with Crippen LogP contribution in [0, 0.1) is 12.8 Å². The monoisotopic (exact) mass is 379 g/mol. The van der Waals surface area contributed by atoms with Crippen LogP contribution in [-0.2, 0) is 5.41 Å². The summed E-state index contributed by atoms with van der Waals surface area (Å²) >= 11 is 0. The molecule has 28 heavy (non-hydrogen) atoms. The summed E-state index contributed by atoms with van der Waals surface area (Å²) < 4.78 is 31.4.